The molecule has 1 aliphatic rings. The first-order chi connectivity index (χ1) is 12.3. The van der Waals surface area contributed by atoms with Crippen LogP contribution in [0, 0.1) is 0 Å². The largest absolute Gasteiger partial charge is 0.391 e. The van der Waals surface area contributed by atoms with Crippen molar-refractivity contribution in [2.24, 2.45) is 10.3 Å². The van der Waals surface area contributed by atoms with Crippen LogP contribution in [0.25, 0.3) is 0 Å². The van der Waals surface area contributed by atoms with Crippen molar-refractivity contribution < 1.29 is 14.5 Å². The van der Waals surface area contributed by atoms with Gasteiger partial charge in [0.2, 0.25) is 0 Å². The predicted molar refractivity (Wildman–Crippen MR) is 96.2 cm³/mol. The van der Waals surface area contributed by atoms with Crippen molar-refractivity contribution in [3.05, 3.63) is 71.8 Å². The highest BCUT2D eigenvalue weighted by Gasteiger charge is 2.25. The number of nitrogens with zero attached hydrogens (tertiary/aromatic N) is 2. The van der Waals surface area contributed by atoms with E-state index >= 15 is 0 Å². The summed E-state index contributed by atoms with van der Waals surface area (Å²) in [7, 11) is 0. The Morgan fingerprint density at radius 1 is 0.760 bits per heavy atom. The molecule has 0 saturated heterocycles. The van der Waals surface area contributed by atoms with Gasteiger partial charge in [-0.05, 0) is 24.0 Å². The predicted octanol–water partition coefficient (Wildman–Crippen LogP) is 3.89. The Kier molecular flexibility index (Phi) is 5.93. The van der Waals surface area contributed by atoms with Gasteiger partial charge in [-0.15, -0.1) is 0 Å². The number of Topliss-reactive ketones (excluding diaryl/α,β-unsaturated/α-hetero) is 1. The topological polar surface area (TPSA) is 60.2 Å². The number of oxime groups is 2. The summed E-state index contributed by atoms with van der Waals surface area (Å²) >= 11 is 0. The van der Waals surface area contributed by atoms with E-state index in [9.17, 15) is 4.79 Å². The molecule has 1 aliphatic carbocycles. The van der Waals surface area contributed by atoms with Crippen molar-refractivity contribution in [2.75, 3.05) is 0 Å². The minimum atomic E-state index is -0.0543. The number of carbonyl (C=O) groups is 1. The quantitative estimate of drug-likeness (QED) is 0.752. The second kappa shape index (κ2) is 8.78. The molecule has 0 radical (unpaired) electrons. The lowest BCUT2D eigenvalue weighted by molar-refractivity contribution is -0.113. The monoisotopic (exact) mass is 336 g/mol. The second-order valence-electron chi connectivity index (χ2n) is 5.77. The fourth-order valence-corrected chi connectivity index (χ4v) is 2.51. The van der Waals surface area contributed by atoms with Crippen LogP contribution in [0.5, 0.6) is 0 Å². The Morgan fingerprint density at radius 2 is 1.32 bits per heavy atom. The van der Waals surface area contributed by atoms with E-state index < -0.39 is 0 Å². The van der Waals surface area contributed by atoms with Gasteiger partial charge in [-0.2, -0.15) is 0 Å². The van der Waals surface area contributed by atoms with Crippen LogP contribution >= 0.6 is 0 Å². The van der Waals surface area contributed by atoms with E-state index in [1.54, 1.807) is 0 Å². The third-order valence-corrected chi connectivity index (χ3v) is 3.83. The number of carbonyl (C=O) groups excluding carboxylic acids is 1. The first-order valence-electron chi connectivity index (χ1n) is 8.33. The van der Waals surface area contributed by atoms with Crippen molar-refractivity contribution in [3.8, 4) is 0 Å². The summed E-state index contributed by atoms with van der Waals surface area (Å²) in [6.45, 7) is 0.673. The Balaban J connectivity index is 1.62. The maximum absolute atomic E-state index is 12.1. The van der Waals surface area contributed by atoms with Crippen LogP contribution in [0.3, 0.4) is 0 Å². The minimum Gasteiger partial charge on any atom is -0.391 e. The fourth-order valence-electron chi connectivity index (χ4n) is 2.51. The molecule has 0 aliphatic heterocycles. The van der Waals surface area contributed by atoms with Crippen LogP contribution in [-0.4, -0.2) is 17.2 Å². The lowest BCUT2D eigenvalue weighted by Gasteiger charge is -2.13. The first kappa shape index (κ1) is 16.9. The van der Waals surface area contributed by atoms with Crippen LogP contribution in [0.1, 0.15) is 30.4 Å². The van der Waals surface area contributed by atoms with Gasteiger partial charge in [-0.25, -0.2) is 0 Å². The fraction of sp³-hybridized carbons (Fsp3) is 0.250. The van der Waals surface area contributed by atoms with Gasteiger partial charge in [0.05, 0.1) is 0 Å². The zero-order valence-electron chi connectivity index (χ0n) is 13.9. The molecular weight excluding hydrogens is 316 g/mol. The van der Waals surface area contributed by atoms with Crippen molar-refractivity contribution >= 4 is 17.2 Å². The van der Waals surface area contributed by atoms with Crippen LogP contribution in [0.4, 0.5) is 0 Å². The molecule has 0 amide bonds. The summed E-state index contributed by atoms with van der Waals surface area (Å²) in [6, 6.07) is 19.5. The normalized spacial score (nSPS) is 17.7. The van der Waals surface area contributed by atoms with E-state index in [-0.39, 0.29) is 11.5 Å². The first-order valence-corrected chi connectivity index (χ1v) is 8.33. The van der Waals surface area contributed by atoms with Crippen molar-refractivity contribution in [1.29, 1.82) is 0 Å². The van der Waals surface area contributed by atoms with Crippen LogP contribution in [0.15, 0.2) is 71.0 Å². The summed E-state index contributed by atoms with van der Waals surface area (Å²) in [5, 5.41) is 8.14. The number of ketones is 1. The zero-order chi connectivity index (χ0) is 17.3. The molecule has 0 N–H and O–H groups in total. The molecule has 0 heterocycles. The van der Waals surface area contributed by atoms with Crippen molar-refractivity contribution in [1.82, 2.24) is 0 Å². The molecule has 0 bridgehead atoms. The van der Waals surface area contributed by atoms with Gasteiger partial charge in [0.1, 0.15) is 18.9 Å². The maximum Gasteiger partial charge on any atom is 0.186 e. The molecule has 3 rings (SSSR count). The molecule has 0 unspecified atom stereocenters. The number of rotatable bonds is 6. The van der Waals surface area contributed by atoms with Gasteiger partial charge < -0.3 is 9.68 Å². The van der Waals surface area contributed by atoms with Crippen LogP contribution in [0.2, 0.25) is 0 Å². The third kappa shape index (κ3) is 5.01. The van der Waals surface area contributed by atoms with Gasteiger partial charge in [0, 0.05) is 6.42 Å². The lowest BCUT2D eigenvalue weighted by atomic mass is 9.95. The van der Waals surface area contributed by atoms with Crippen LogP contribution < -0.4 is 0 Å². The molecule has 25 heavy (non-hydrogen) atoms. The van der Waals surface area contributed by atoms with E-state index in [1.165, 1.54) is 0 Å². The highest BCUT2D eigenvalue weighted by Crippen LogP contribution is 2.13. The number of benzene rings is 2. The van der Waals surface area contributed by atoms with Gasteiger partial charge >= 0.3 is 0 Å². The van der Waals surface area contributed by atoms with E-state index in [0.717, 1.165) is 17.5 Å². The Bertz CT molecular complexity index is 755. The summed E-state index contributed by atoms with van der Waals surface area (Å²) in [5.74, 6) is -0.0543. The third-order valence-electron chi connectivity index (χ3n) is 3.83. The summed E-state index contributed by atoms with van der Waals surface area (Å²) < 4.78 is 0. The van der Waals surface area contributed by atoms with Gasteiger partial charge in [0.25, 0.3) is 0 Å². The molecule has 1 saturated carbocycles. The SMILES string of the molecule is O=C1CCCC(=N/OCc2ccccc2)/C1=N/OCc1ccccc1. The molecular formula is C20H20N2O3. The van der Waals surface area contributed by atoms with Crippen LogP contribution in [-0.2, 0) is 27.7 Å². The Hall–Kier alpha value is -2.95. The molecule has 5 heteroatoms. The smallest absolute Gasteiger partial charge is 0.186 e. The van der Waals surface area contributed by atoms with Crippen molar-refractivity contribution in [2.45, 2.75) is 32.5 Å². The molecule has 0 atom stereocenters. The molecule has 1 fully saturated rings. The summed E-state index contributed by atoms with van der Waals surface area (Å²) in [6.07, 6.45) is 1.88. The molecule has 5 nitrogen and oxygen atoms in total. The maximum atomic E-state index is 12.1. The second-order valence-corrected chi connectivity index (χ2v) is 5.77. The number of hydrogen-bond donors (Lipinski definition) is 0. The molecule has 2 aromatic rings. The van der Waals surface area contributed by atoms with E-state index in [2.05, 4.69) is 10.3 Å². The molecule has 0 spiro atoms. The van der Waals surface area contributed by atoms with E-state index in [1.807, 2.05) is 60.7 Å². The van der Waals surface area contributed by atoms with Gasteiger partial charge in [-0.1, -0.05) is 71.0 Å². The van der Waals surface area contributed by atoms with E-state index in [4.69, 9.17) is 9.68 Å². The zero-order valence-corrected chi connectivity index (χ0v) is 13.9. The Labute approximate surface area is 146 Å². The Morgan fingerprint density at radius 3 is 1.92 bits per heavy atom. The minimum absolute atomic E-state index is 0.0543. The van der Waals surface area contributed by atoms with E-state index in [0.29, 0.717) is 31.8 Å². The summed E-state index contributed by atoms with van der Waals surface area (Å²) in [5.41, 5.74) is 2.84. The highest BCUT2D eigenvalue weighted by atomic mass is 16.6. The van der Waals surface area contributed by atoms with Gasteiger partial charge in [0.15, 0.2) is 11.5 Å². The molecule has 2 aromatic carbocycles. The molecule has 128 valence electrons. The number of hydrogen-bond acceptors (Lipinski definition) is 5. The molecule has 0 aromatic heterocycles. The lowest BCUT2D eigenvalue weighted by Crippen LogP contribution is -2.29. The standard InChI is InChI=1S/C20H20N2O3/c23-19-13-7-12-18(21-24-14-16-8-3-1-4-9-16)20(19)22-25-15-17-10-5-2-6-11-17/h1-6,8-11H,7,12-15H2/b21-18-,22-20-. The van der Waals surface area contributed by atoms with Crippen molar-refractivity contribution in [3.63, 3.8) is 0 Å². The highest BCUT2D eigenvalue weighted by molar-refractivity contribution is 6.68. The van der Waals surface area contributed by atoms with Gasteiger partial charge in [-0.3, -0.25) is 4.79 Å². The average Bonchev–Trinajstić information content (AvgIpc) is 2.65. The average molecular weight is 336 g/mol. The summed E-state index contributed by atoms with van der Waals surface area (Å²) in [4.78, 5) is 22.9.